The highest BCUT2D eigenvalue weighted by molar-refractivity contribution is 9.10. The van der Waals surface area contributed by atoms with E-state index < -0.39 is 4.92 Å². The third kappa shape index (κ3) is 3.74. The summed E-state index contributed by atoms with van der Waals surface area (Å²) >= 11 is 3.15. The molecule has 1 aromatic carbocycles. The van der Waals surface area contributed by atoms with E-state index in [-0.39, 0.29) is 17.3 Å². The maximum Gasteiger partial charge on any atom is 0.312 e. The highest BCUT2D eigenvalue weighted by Crippen LogP contribution is 2.25. The minimum absolute atomic E-state index is 0.0847. The Morgan fingerprint density at radius 2 is 2.05 bits per heavy atom. The van der Waals surface area contributed by atoms with Crippen LogP contribution in [-0.2, 0) is 6.42 Å². The van der Waals surface area contributed by atoms with E-state index in [1.165, 1.54) is 24.4 Å². The molecule has 0 fully saturated rings. The fraction of sp³-hybridized carbons (Fsp3) is 0.154. The summed E-state index contributed by atoms with van der Waals surface area (Å²) in [5.41, 5.74) is 0.858. The van der Waals surface area contributed by atoms with Gasteiger partial charge in [-0.25, -0.2) is 9.37 Å². The Bertz CT molecular complexity index is 620. The van der Waals surface area contributed by atoms with E-state index in [9.17, 15) is 14.5 Å². The van der Waals surface area contributed by atoms with Crippen molar-refractivity contribution in [1.29, 1.82) is 0 Å². The van der Waals surface area contributed by atoms with Gasteiger partial charge in [0.05, 0.1) is 4.92 Å². The van der Waals surface area contributed by atoms with Crippen LogP contribution < -0.4 is 5.32 Å². The molecular formula is C13H11BrFN3O2. The average Bonchev–Trinajstić information content (AvgIpc) is 2.42. The lowest BCUT2D eigenvalue weighted by atomic mass is 10.1. The molecule has 0 unspecified atom stereocenters. The van der Waals surface area contributed by atoms with E-state index in [4.69, 9.17) is 0 Å². The van der Waals surface area contributed by atoms with E-state index in [0.717, 1.165) is 5.56 Å². The number of nitrogens with one attached hydrogen (secondary N) is 1. The quantitative estimate of drug-likeness (QED) is 0.668. The lowest BCUT2D eigenvalue weighted by molar-refractivity contribution is -0.384. The number of pyridine rings is 1. The molecule has 2 aromatic rings. The molecule has 1 aromatic heterocycles. The second-order valence-corrected chi connectivity index (χ2v) is 5.00. The highest BCUT2D eigenvalue weighted by Gasteiger charge is 2.15. The zero-order valence-corrected chi connectivity index (χ0v) is 11.9. The van der Waals surface area contributed by atoms with E-state index in [1.54, 1.807) is 12.1 Å². The first kappa shape index (κ1) is 14.4. The number of halogens is 2. The van der Waals surface area contributed by atoms with Crippen LogP contribution in [0.15, 0.2) is 41.0 Å². The fourth-order valence-electron chi connectivity index (χ4n) is 1.68. The lowest BCUT2D eigenvalue weighted by Gasteiger charge is -2.06. The van der Waals surface area contributed by atoms with E-state index in [0.29, 0.717) is 17.4 Å². The number of benzene rings is 1. The second-order valence-electron chi connectivity index (χ2n) is 4.08. The first-order valence-electron chi connectivity index (χ1n) is 5.84. The number of hydrogen-bond donors (Lipinski definition) is 1. The van der Waals surface area contributed by atoms with Crippen molar-refractivity contribution in [2.75, 3.05) is 11.9 Å². The van der Waals surface area contributed by atoms with E-state index in [2.05, 4.69) is 26.2 Å². The molecule has 0 amide bonds. The minimum atomic E-state index is -0.488. The molecule has 0 bridgehead atoms. The molecule has 0 radical (unpaired) electrons. The minimum Gasteiger partial charge on any atom is -0.364 e. The van der Waals surface area contributed by atoms with Gasteiger partial charge in [0.1, 0.15) is 5.82 Å². The van der Waals surface area contributed by atoms with Gasteiger partial charge < -0.3 is 5.32 Å². The van der Waals surface area contributed by atoms with Gasteiger partial charge in [-0.15, -0.1) is 0 Å². The average molecular weight is 340 g/mol. The fourth-order valence-corrected chi connectivity index (χ4v) is 2.00. The molecule has 0 atom stereocenters. The Hall–Kier alpha value is -2.02. The zero-order chi connectivity index (χ0) is 14.5. The Labute approximate surface area is 123 Å². The largest absolute Gasteiger partial charge is 0.364 e. The number of aromatic nitrogens is 1. The maximum atomic E-state index is 12.7. The summed E-state index contributed by atoms with van der Waals surface area (Å²) < 4.78 is 13.3. The Balaban J connectivity index is 2.00. The highest BCUT2D eigenvalue weighted by atomic mass is 79.9. The van der Waals surface area contributed by atoms with Crippen molar-refractivity contribution in [3.05, 3.63) is 62.5 Å². The number of nitrogens with zero attached hydrogens (tertiary/aromatic N) is 2. The molecule has 0 aliphatic heterocycles. The SMILES string of the molecule is O=[N+]([O-])c1cc(Br)cnc1NCCc1ccc(F)cc1. The number of rotatable bonds is 5. The first-order chi connectivity index (χ1) is 9.56. The lowest BCUT2D eigenvalue weighted by Crippen LogP contribution is -2.08. The number of hydrogen-bond acceptors (Lipinski definition) is 4. The van der Waals surface area contributed by atoms with Gasteiger partial charge in [-0.05, 0) is 40.0 Å². The Kier molecular flexibility index (Phi) is 4.62. The van der Waals surface area contributed by atoms with Crippen molar-refractivity contribution in [3.8, 4) is 0 Å². The summed E-state index contributed by atoms with van der Waals surface area (Å²) in [7, 11) is 0. The van der Waals surface area contributed by atoms with Gasteiger partial charge in [0.2, 0.25) is 5.82 Å². The van der Waals surface area contributed by atoms with Crippen LogP contribution in [0.5, 0.6) is 0 Å². The molecule has 104 valence electrons. The van der Waals surface area contributed by atoms with Gasteiger partial charge in [0, 0.05) is 23.3 Å². The van der Waals surface area contributed by atoms with Crippen molar-refractivity contribution in [1.82, 2.24) is 4.98 Å². The van der Waals surface area contributed by atoms with Crippen molar-refractivity contribution < 1.29 is 9.31 Å². The summed E-state index contributed by atoms with van der Waals surface area (Å²) in [4.78, 5) is 14.4. The zero-order valence-electron chi connectivity index (χ0n) is 10.3. The van der Waals surface area contributed by atoms with Gasteiger partial charge in [0.15, 0.2) is 0 Å². The van der Waals surface area contributed by atoms with Crippen LogP contribution in [0.4, 0.5) is 15.9 Å². The topological polar surface area (TPSA) is 68.1 Å². The van der Waals surface area contributed by atoms with Gasteiger partial charge >= 0.3 is 5.69 Å². The van der Waals surface area contributed by atoms with Gasteiger partial charge in [-0.1, -0.05) is 12.1 Å². The van der Waals surface area contributed by atoms with Crippen LogP contribution in [-0.4, -0.2) is 16.5 Å². The van der Waals surface area contributed by atoms with E-state index in [1.807, 2.05) is 0 Å². The third-order valence-corrected chi connectivity index (χ3v) is 3.08. The van der Waals surface area contributed by atoms with Gasteiger partial charge in [-0.2, -0.15) is 0 Å². The van der Waals surface area contributed by atoms with Crippen LogP contribution in [0.1, 0.15) is 5.56 Å². The van der Waals surface area contributed by atoms with Crippen LogP contribution in [0, 0.1) is 15.9 Å². The smallest absolute Gasteiger partial charge is 0.312 e. The molecule has 20 heavy (non-hydrogen) atoms. The van der Waals surface area contributed by atoms with Crippen LogP contribution in [0.2, 0.25) is 0 Å². The van der Waals surface area contributed by atoms with Gasteiger partial charge in [0.25, 0.3) is 0 Å². The third-order valence-electron chi connectivity index (χ3n) is 2.65. The molecule has 7 heteroatoms. The molecule has 0 saturated heterocycles. The predicted octanol–water partition coefficient (Wildman–Crippen LogP) is 3.55. The second kappa shape index (κ2) is 6.42. The van der Waals surface area contributed by atoms with E-state index >= 15 is 0 Å². The van der Waals surface area contributed by atoms with Crippen molar-refractivity contribution in [2.45, 2.75) is 6.42 Å². The monoisotopic (exact) mass is 339 g/mol. The molecule has 2 rings (SSSR count). The van der Waals surface area contributed by atoms with Crippen molar-refractivity contribution >= 4 is 27.4 Å². The molecule has 1 heterocycles. The van der Waals surface area contributed by atoms with Crippen LogP contribution in [0.25, 0.3) is 0 Å². The maximum absolute atomic E-state index is 12.7. The van der Waals surface area contributed by atoms with Crippen LogP contribution >= 0.6 is 15.9 Å². The van der Waals surface area contributed by atoms with Crippen LogP contribution in [0.3, 0.4) is 0 Å². The molecule has 0 aliphatic carbocycles. The molecule has 0 saturated carbocycles. The molecule has 5 nitrogen and oxygen atoms in total. The summed E-state index contributed by atoms with van der Waals surface area (Å²) in [6.45, 7) is 0.473. The predicted molar refractivity (Wildman–Crippen MR) is 77.2 cm³/mol. The van der Waals surface area contributed by atoms with Gasteiger partial charge in [-0.3, -0.25) is 10.1 Å². The first-order valence-corrected chi connectivity index (χ1v) is 6.64. The molecule has 1 N–H and O–H groups in total. The summed E-state index contributed by atoms with van der Waals surface area (Å²) in [6, 6.07) is 7.53. The van der Waals surface area contributed by atoms with Crippen molar-refractivity contribution in [3.63, 3.8) is 0 Å². The Morgan fingerprint density at radius 3 is 2.70 bits per heavy atom. The summed E-state index contributed by atoms with van der Waals surface area (Å²) in [5.74, 6) is -0.0627. The van der Waals surface area contributed by atoms with Crippen molar-refractivity contribution in [2.24, 2.45) is 0 Å². The number of anilines is 1. The number of nitro groups is 1. The molecule has 0 aliphatic rings. The summed E-state index contributed by atoms with van der Waals surface area (Å²) in [5, 5.41) is 13.8. The normalized spacial score (nSPS) is 10.3. The molecule has 0 spiro atoms. The Morgan fingerprint density at radius 1 is 1.35 bits per heavy atom. The standard InChI is InChI=1S/C13H11BrFN3O2/c14-10-7-12(18(19)20)13(17-8-10)16-6-5-9-1-3-11(15)4-2-9/h1-4,7-8H,5-6H2,(H,16,17). The molecular weight excluding hydrogens is 329 g/mol. The summed E-state index contributed by atoms with van der Waals surface area (Å²) in [6.07, 6.45) is 2.11.